The highest BCUT2D eigenvalue weighted by Crippen LogP contribution is 2.48. The van der Waals surface area contributed by atoms with Crippen molar-refractivity contribution in [1.29, 1.82) is 0 Å². The van der Waals surface area contributed by atoms with E-state index in [1.54, 1.807) is 11.3 Å². The van der Waals surface area contributed by atoms with Crippen LogP contribution in [0.4, 0.5) is 0 Å². The number of nitrogens with one attached hydrogen (secondary N) is 1. The van der Waals surface area contributed by atoms with Gasteiger partial charge >= 0.3 is 0 Å². The van der Waals surface area contributed by atoms with Crippen molar-refractivity contribution < 1.29 is 5.21 Å². The number of nitrogens with zero attached hydrogens (tertiary/aromatic N) is 2. The van der Waals surface area contributed by atoms with Gasteiger partial charge in [-0.2, -0.15) is 0 Å². The molecule has 106 valence electrons. The van der Waals surface area contributed by atoms with Crippen molar-refractivity contribution in [3.63, 3.8) is 0 Å². The van der Waals surface area contributed by atoms with Gasteiger partial charge in [0.2, 0.25) is 0 Å². The Bertz CT molecular complexity index is 479. The van der Waals surface area contributed by atoms with Crippen LogP contribution in [0.15, 0.2) is 5.16 Å². The Morgan fingerprint density at radius 1 is 1.58 bits per heavy atom. The van der Waals surface area contributed by atoms with Gasteiger partial charge in [0.05, 0.1) is 10.7 Å². The summed E-state index contributed by atoms with van der Waals surface area (Å²) in [6.45, 7) is 7.16. The smallest absolute Gasteiger partial charge is 0.139 e. The second-order valence-corrected chi connectivity index (χ2v) is 6.79. The summed E-state index contributed by atoms with van der Waals surface area (Å²) < 4.78 is 0. The minimum Gasteiger partial charge on any atom is -0.409 e. The van der Waals surface area contributed by atoms with Gasteiger partial charge in [-0.3, -0.25) is 0 Å². The molecular formula is C13H22N4OS. The number of oxime groups is 1. The van der Waals surface area contributed by atoms with Gasteiger partial charge in [0.15, 0.2) is 0 Å². The van der Waals surface area contributed by atoms with E-state index in [9.17, 15) is 0 Å². The highest BCUT2D eigenvalue weighted by atomic mass is 32.1. The maximum Gasteiger partial charge on any atom is 0.139 e. The molecule has 5 nitrogen and oxygen atoms in total. The van der Waals surface area contributed by atoms with Gasteiger partial charge in [0.25, 0.3) is 0 Å². The Morgan fingerprint density at radius 2 is 2.26 bits per heavy atom. The lowest BCUT2D eigenvalue weighted by Gasteiger charge is -2.19. The van der Waals surface area contributed by atoms with Gasteiger partial charge < -0.3 is 16.3 Å². The average molecular weight is 282 g/mol. The monoisotopic (exact) mass is 282 g/mol. The molecule has 0 bridgehead atoms. The second kappa shape index (κ2) is 5.46. The summed E-state index contributed by atoms with van der Waals surface area (Å²) in [5.74, 6) is 0.330. The highest BCUT2D eigenvalue weighted by Gasteiger charge is 2.43. The fourth-order valence-electron chi connectivity index (χ4n) is 2.42. The SMILES string of the molecule is Cc1nc(C)c(C(C)NCC2(CC(N)=NO)CC2)s1. The first-order valence-corrected chi connectivity index (χ1v) is 7.41. The summed E-state index contributed by atoms with van der Waals surface area (Å²) in [6, 6.07) is 0.302. The van der Waals surface area contributed by atoms with E-state index in [0.29, 0.717) is 18.3 Å². The summed E-state index contributed by atoms with van der Waals surface area (Å²) >= 11 is 1.75. The van der Waals surface area contributed by atoms with Crippen LogP contribution in [0.25, 0.3) is 0 Å². The van der Waals surface area contributed by atoms with Crippen molar-refractivity contribution >= 4 is 17.2 Å². The van der Waals surface area contributed by atoms with E-state index in [-0.39, 0.29) is 5.41 Å². The second-order valence-electron chi connectivity index (χ2n) is 5.55. The Balaban J connectivity index is 1.90. The predicted octanol–water partition coefficient (Wildman–Crippen LogP) is 2.33. The first-order chi connectivity index (χ1) is 8.96. The topological polar surface area (TPSA) is 83.5 Å². The largest absolute Gasteiger partial charge is 0.409 e. The molecule has 19 heavy (non-hydrogen) atoms. The van der Waals surface area contributed by atoms with Crippen LogP contribution in [0.5, 0.6) is 0 Å². The van der Waals surface area contributed by atoms with Crippen molar-refractivity contribution in [3.05, 3.63) is 15.6 Å². The fraction of sp³-hybridized carbons (Fsp3) is 0.692. The first kappa shape index (κ1) is 14.3. The number of thiazole rings is 1. The quantitative estimate of drug-likeness (QED) is 0.323. The van der Waals surface area contributed by atoms with E-state index in [1.807, 2.05) is 6.92 Å². The van der Waals surface area contributed by atoms with Gasteiger partial charge in [-0.25, -0.2) is 4.98 Å². The molecule has 0 radical (unpaired) electrons. The molecule has 1 aromatic rings. The summed E-state index contributed by atoms with van der Waals surface area (Å²) in [5, 5.41) is 16.4. The third kappa shape index (κ3) is 3.45. The van der Waals surface area contributed by atoms with Crippen LogP contribution in [0.3, 0.4) is 0 Å². The lowest BCUT2D eigenvalue weighted by molar-refractivity contribution is 0.313. The molecule has 1 fully saturated rings. The average Bonchev–Trinajstić information content (AvgIpc) is 3.04. The summed E-state index contributed by atoms with van der Waals surface area (Å²) in [7, 11) is 0. The zero-order valence-corrected chi connectivity index (χ0v) is 12.5. The fourth-order valence-corrected chi connectivity index (χ4v) is 3.38. The lowest BCUT2D eigenvalue weighted by Crippen LogP contribution is -2.30. The van der Waals surface area contributed by atoms with Crippen molar-refractivity contribution in [2.75, 3.05) is 6.54 Å². The number of aryl methyl sites for hydroxylation is 2. The Labute approximate surface area is 117 Å². The number of amidine groups is 1. The number of hydrogen-bond donors (Lipinski definition) is 3. The Hall–Kier alpha value is -1.14. The van der Waals surface area contributed by atoms with Gasteiger partial charge in [0.1, 0.15) is 5.84 Å². The van der Waals surface area contributed by atoms with E-state index >= 15 is 0 Å². The molecule has 1 aliphatic carbocycles. The van der Waals surface area contributed by atoms with Gasteiger partial charge in [-0.05, 0) is 39.0 Å². The van der Waals surface area contributed by atoms with Crippen LogP contribution in [0, 0.1) is 19.3 Å². The van der Waals surface area contributed by atoms with Crippen LogP contribution in [0.2, 0.25) is 0 Å². The summed E-state index contributed by atoms with van der Waals surface area (Å²) in [6.07, 6.45) is 2.96. The summed E-state index contributed by atoms with van der Waals surface area (Å²) in [5.41, 5.74) is 6.92. The number of hydrogen-bond acceptors (Lipinski definition) is 5. The minimum absolute atomic E-state index is 0.193. The zero-order chi connectivity index (χ0) is 14.0. The molecule has 0 saturated heterocycles. The van der Waals surface area contributed by atoms with Crippen molar-refractivity contribution in [2.45, 2.75) is 46.1 Å². The first-order valence-electron chi connectivity index (χ1n) is 6.59. The van der Waals surface area contributed by atoms with Crippen LogP contribution in [-0.2, 0) is 0 Å². The van der Waals surface area contributed by atoms with Gasteiger partial charge in [0, 0.05) is 23.9 Å². The van der Waals surface area contributed by atoms with Crippen LogP contribution >= 0.6 is 11.3 Å². The van der Waals surface area contributed by atoms with E-state index in [0.717, 1.165) is 30.1 Å². The van der Waals surface area contributed by atoms with Crippen LogP contribution in [-0.4, -0.2) is 22.6 Å². The van der Waals surface area contributed by atoms with Crippen molar-refractivity contribution in [2.24, 2.45) is 16.3 Å². The number of rotatable bonds is 6. The van der Waals surface area contributed by atoms with E-state index in [2.05, 4.69) is 29.3 Å². The van der Waals surface area contributed by atoms with Crippen LogP contribution in [0.1, 0.15) is 47.8 Å². The third-order valence-corrected chi connectivity index (χ3v) is 5.01. The van der Waals surface area contributed by atoms with Crippen LogP contribution < -0.4 is 11.1 Å². The molecule has 0 spiro atoms. The third-order valence-electron chi connectivity index (χ3n) is 3.76. The highest BCUT2D eigenvalue weighted by molar-refractivity contribution is 7.11. The molecule has 0 aromatic carbocycles. The molecule has 1 aliphatic rings. The van der Waals surface area contributed by atoms with Crippen molar-refractivity contribution in [3.8, 4) is 0 Å². The number of nitrogens with two attached hydrogens (primary N) is 1. The molecule has 0 aliphatic heterocycles. The van der Waals surface area contributed by atoms with E-state index in [1.165, 1.54) is 4.88 Å². The lowest BCUT2D eigenvalue weighted by atomic mass is 10.0. The van der Waals surface area contributed by atoms with Crippen molar-refractivity contribution in [1.82, 2.24) is 10.3 Å². The molecule has 4 N–H and O–H groups in total. The molecule has 1 heterocycles. The maximum atomic E-state index is 8.66. The summed E-state index contributed by atoms with van der Waals surface area (Å²) in [4.78, 5) is 5.76. The standard InChI is InChI=1S/C13H22N4OS/c1-8(12-9(2)16-10(3)19-12)15-7-13(4-5-13)6-11(14)17-18/h8,15,18H,4-7H2,1-3H3,(H2,14,17). The molecule has 0 amide bonds. The minimum atomic E-state index is 0.193. The molecule has 1 aromatic heterocycles. The van der Waals surface area contributed by atoms with E-state index in [4.69, 9.17) is 10.9 Å². The normalized spacial score (nSPS) is 19.4. The van der Waals surface area contributed by atoms with E-state index < -0.39 is 0 Å². The number of aromatic nitrogens is 1. The molecule has 1 unspecified atom stereocenters. The Morgan fingerprint density at radius 3 is 2.74 bits per heavy atom. The molecule has 6 heteroatoms. The predicted molar refractivity (Wildman–Crippen MR) is 77.7 cm³/mol. The van der Waals surface area contributed by atoms with Gasteiger partial charge in [-0.1, -0.05) is 5.16 Å². The molecule has 2 rings (SSSR count). The molecule has 1 saturated carbocycles. The van der Waals surface area contributed by atoms with Gasteiger partial charge in [-0.15, -0.1) is 11.3 Å². The maximum absolute atomic E-state index is 8.66. The molecule has 1 atom stereocenters. The zero-order valence-electron chi connectivity index (χ0n) is 11.7. The molecular weight excluding hydrogens is 260 g/mol. The Kier molecular flexibility index (Phi) is 4.10.